The smallest absolute Gasteiger partial charge is 0.269 e. The number of anilines is 1. The Labute approximate surface area is 195 Å². The van der Waals surface area contributed by atoms with E-state index >= 15 is 0 Å². The number of rotatable bonds is 9. The summed E-state index contributed by atoms with van der Waals surface area (Å²) in [6.07, 6.45) is 1.37. The van der Waals surface area contributed by atoms with Gasteiger partial charge in [0.1, 0.15) is 5.75 Å². The number of benzene rings is 3. The van der Waals surface area contributed by atoms with Crippen molar-refractivity contribution in [3.63, 3.8) is 0 Å². The first-order valence-electron chi connectivity index (χ1n) is 10.6. The third-order valence-electron chi connectivity index (χ3n) is 5.20. The quantitative estimate of drug-likeness (QED) is 0.282. The summed E-state index contributed by atoms with van der Waals surface area (Å²) in [7, 11) is 1.62. The second kappa shape index (κ2) is 10.4. The van der Waals surface area contributed by atoms with Gasteiger partial charge in [0.15, 0.2) is 0 Å². The van der Waals surface area contributed by atoms with E-state index in [1.54, 1.807) is 43.5 Å². The molecule has 172 valence electrons. The van der Waals surface area contributed by atoms with E-state index < -0.39 is 4.92 Å². The molecule has 34 heavy (non-hydrogen) atoms. The number of methoxy groups -OCH3 is 1. The standard InChI is InChI=1S/C25H22N4O5/c1-33-22-13-4-17(5-14-22)6-15-23(30)26-20-9-7-19(8-10-20)25-27-24(34-28-25)16-18-2-11-21(12-3-18)29(31)32/h2-5,7-14H,6,15-16H2,1H3,(H,26,30). The molecule has 0 spiro atoms. The van der Waals surface area contributed by atoms with E-state index in [0.29, 0.717) is 36.7 Å². The van der Waals surface area contributed by atoms with Crippen LogP contribution in [-0.4, -0.2) is 28.1 Å². The van der Waals surface area contributed by atoms with Crippen molar-refractivity contribution in [1.82, 2.24) is 10.1 Å². The molecule has 4 rings (SSSR count). The molecule has 0 saturated carbocycles. The lowest BCUT2D eigenvalue weighted by Crippen LogP contribution is -2.12. The van der Waals surface area contributed by atoms with Crippen LogP contribution >= 0.6 is 0 Å². The maximum Gasteiger partial charge on any atom is 0.269 e. The van der Waals surface area contributed by atoms with E-state index in [1.165, 1.54) is 12.1 Å². The fourth-order valence-corrected chi connectivity index (χ4v) is 3.33. The summed E-state index contributed by atoms with van der Waals surface area (Å²) in [6, 6.07) is 21.0. The first-order valence-corrected chi connectivity index (χ1v) is 10.6. The van der Waals surface area contributed by atoms with E-state index in [4.69, 9.17) is 9.26 Å². The van der Waals surface area contributed by atoms with Gasteiger partial charge < -0.3 is 14.6 Å². The minimum absolute atomic E-state index is 0.0304. The number of non-ortho nitro benzene ring substituents is 1. The normalized spacial score (nSPS) is 10.6. The summed E-state index contributed by atoms with van der Waals surface area (Å²) in [5.74, 6) is 1.54. The topological polar surface area (TPSA) is 120 Å². The van der Waals surface area contributed by atoms with Crippen molar-refractivity contribution in [1.29, 1.82) is 0 Å². The van der Waals surface area contributed by atoms with Crippen LogP contribution in [0.1, 0.15) is 23.4 Å². The van der Waals surface area contributed by atoms with Crippen LogP contribution in [0, 0.1) is 10.1 Å². The SMILES string of the molecule is COc1ccc(CCC(=O)Nc2ccc(-c3noc(Cc4ccc([N+](=O)[O-])cc4)n3)cc2)cc1. The van der Waals surface area contributed by atoms with Crippen molar-refractivity contribution >= 4 is 17.3 Å². The van der Waals surface area contributed by atoms with Gasteiger partial charge in [-0.3, -0.25) is 14.9 Å². The lowest BCUT2D eigenvalue weighted by atomic mass is 10.1. The van der Waals surface area contributed by atoms with Crippen molar-refractivity contribution < 1.29 is 19.0 Å². The summed E-state index contributed by atoms with van der Waals surface area (Å²) < 4.78 is 10.5. The average molecular weight is 458 g/mol. The summed E-state index contributed by atoms with van der Waals surface area (Å²) in [5.41, 5.74) is 3.34. The van der Waals surface area contributed by atoms with Gasteiger partial charge in [-0.2, -0.15) is 4.98 Å². The molecule has 1 amide bonds. The third-order valence-corrected chi connectivity index (χ3v) is 5.20. The highest BCUT2D eigenvalue weighted by atomic mass is 16.6. The van der Waals surface area contributed by atoms with Crippen LogP contribution in [0.5, 0.6) is 5.75 Å². The Kier molecular flexibility index (Phi) is 6.92. The van der Waals surface area contributed by atoms with E-state index in [-0.39, 0.29) is 11.6 Å². The van der Waals surface area contributed by atoms with Crippen molar-refractivity contribution in [2.24, 2.45) is 0 Å². The van der Waals surface area contributed by atoms with E-state index in [0.717, 1.165) is 22.4 Å². The number of carbonyl (C=O) groups excluding carboxylic acids is 1. The number of hydrogen-bond donors (Lipinski definition) is 1. The van der Waals surface area contributed by atoms with Crippen LogP contribution in [0.3, 0.4) is 0 Å². The highest BCUT2D eigenvalue weighted by Crippen LogP contribution is 2.21. The number of aryl methyl sites for hydroxylation is 1. The summed E-state index contributed by atoms with van der Waals surface area (Å²) in [4.78, 5) is 27.0. The number of amides is 1. The molecule has 0 aliphatic heterocycles. The molecule has 0 aliphatic rings. The molecular formula is C25H22N4O5. The Morgan fingerprint density at radius 1 is 1.00 bits per heavy atom. The first kappa shape index (κ1) is 22.7. The van der Waals surface area contributed by atoms with Crippen LogP contribution in [0.15, 0.2) is 77.3 Å². The molecule has 0 unspecified atom stereocenters. The van der Waals surface area contributed by atoms with Gasteiger partial charge >= 0.3 is 0 Å². The molecule has 4 aromatic rings. The summed E-state index contributed by atoms with van der Waals surface area (Å²) >= 11 is 0. The number of nitrogens with zero attached hydrogens (tertiary/aromatic N) is 3. The number of ether oxygens (including phenoxy) is 1. The van der Waals surface area contributed by atoms with Crippen LogP contribution in [0.4, 0.5) is 11.4 Å². The number of carbonyl (C=O) groups is 1. The Hall–Kier alpha value is -4.53. The monoisotopic (exact) mass is 458 g/mol. The fourth-order valence-electron chi connectivity index (χ4n) is 3.33. The van der Waals surface area contributed by atoms with Crippen LogP contribution in [0.25, 0.3) is 11.4 Å². The molecule has 9 heteroatoms. The molecular weight excluding hydrogens is 436 g/mol. The number of nitro benzene ring substituents is 1. The zero-order valence-electron chi connectivity index (χ0n) is 18.4. The van der Waals surface area contributed by atoms with Gasteiger partial charge in [-0.15, -0.1) is 0 Å². The Balaban J connectivity index is 1.31. The van der Waals surface area contributed by atoms with Crippen LogP contribution < -0.4 is 10.1 Å². The number of nitrogens with one attached hydrogen (secondary N) is 1. The molecule has 9 nitrogen and oxygen atoms in total. The van der Waals surface area contributed by atoms with Gasteiger partial charge in [0.2, 0.25) is 17.6 Å². The molecule has 3 aromatic carbocycles. The number of nitro groups is 1. The molecule has 1 heterocycles. The lowest BCUT2D eigenvalue weighted by molar-refractivity contribution is -0.384. The second-order valence-corrected chi connectivity index (χ2v) is 7.59. The number of aromatic nitrogens is 2. The van der Waals surface area contributed by atoms with Crippen LogP contribution in [-0.2, 0) is 17.6 Å². The molecule has 0 radical (unpaired) electrons. The van der Waals surface area contributed by atoms with E-state index in [1.807, 2.05) is 24.3 Å². The minimum atomic E-state index is -0.443. The van der Waals surface area contributed by atoms with Crippen molar-refractivity contribution in [3.05, 3.63) is 99.9 Å². The Morgan fingerprint density at radius 2 is 1.68 bits per heavy atom. The highest BCUT2D eigenvalue weighted by molar-refractivity contribution is 5.91. The molecule has 1 aromatic heterocycles. The third kappa shape index (κ3) is 5.83. The molecule has 0 atom stereocenters. The highest BCUT2D eigenvalue weighted by Gasteiger charge is 2.11. The molecule has 0 bridgehead atoms. The second-order valence-electron chi connectivity index (χ2n) is 7.59. The van der Waals surface area contributed by atoms with Gasteiger partial charge in [-0.05, 0) is 53.9 Å². The van der Waals surface area contributed by atoms with Gasteiger partial charge in [0, 0.05) is 29.8 Å². The molecule has 1 N–H and O–H groups in total. The van der Waals surface area contributed by atoms with Gasteiger partial charge in [0.25, 0.3) is 5.69 Å². The van der Waals surface area contributed by atoms with Crippen LogP contribution in [0.2, 0.25) is 0 Å². The van der Waals surface area contributed by atoms with E-state index in [2.05, 4.69) is 15.5 Å². The van der Waals surface area contributed by atoms with E-state index in [9.17, 15) is 14.9 Å². The minimum Gasteiger partial charge on any atom is -0.497 e. The first-order chi connectivity index (χ1) is 16.5. The Bertz CT molecular complexity index is 1270. The van der Waals surface area contributed by atoms with Gasteiger partial charge in [0.05, 0.1) is 18.5 Å². The van der Waals surface area contributed by atoms with Crippen molar-refractivity contribution in [3.8, 4) is 17.1 Å². The zero-order valence-corrected chi connectivity index (χ0v) is 18.4. The predicted molar refractivity (Wildman–Crippen MR) is 126 cm³/mol. The molecule has 0 saturated heterocycles. The predicted octanol–water partition coefficient (Wildman–Crippen LogP) is 4.82. The molecule has 0 fully saturated rings. The van der Waals surface area contributed by atoms with Crippen molar-refractivity contribution in [2.45, 2.75) is 19.3 Å². The van der Waals surface area contributed by atoms with Crippen molar-refractivity contribution in [2.75, 3.05) is 12.4 Å². The maximum absolute atomic E-state index is 12.3. The zero-order chi connectivity index (χ0) is 23.9. The lowest BCUT2D eigenvalue weighted by Gasteiger charge is -2.06. The largest absolute Gasteiger partial charge is 0.497 e. The summed E-state index contributed by atoms with van der Waals surface area (Å²) in [6.45, 7) is 0. The average Bonchev–Trinajstić information content (AvgIpc) is 3.32. The fraction of sp³-hybridized carbons (Fsp3) is 0.160. The Morgan fingerprint density at radius 3 is 2.32 bits per heavy atom. The number of hydrogen-bond acceptors (Lipinski definition) is 7. The van der Waals surface area contributed by atoms with Gasteiger partial charge in [-0.25, -0.2) is 0 Å². The van der Waals surface area contributed by atoms with Gasteiger partial charge in [-0.1, -0.05) is 29.4 Å². The maximum atomic E-state index is 12.3. The molecule has 0 aliphatic carbocycles. The summed E-state index contributed by atoms with van der Waals surface area (Å²) in [5, 5.41) is 17.7.